The number of piperidine rings is 1. The summed E-state index contributed by atoms with van der Waals surface area (Å²) in [5, 5.41) is 20.7. The number of nitrogens with one attached hydrogen (secondary N) is 1. The molecule has 4 heterocycles. The molecule has 0 bridgehead atoms. The average molecular weight is 486 g/mol. The molecule has 4 aromatic rings. The summed E-state index contributed by atoms with van der Waals surface area (Å²) >= 11 is 0. The number of carbonyl (C=O) groups is 1. The summed E-state index contributed by atoms with van der Waals surface area (Å²) in [6.07, 6.45) is 8.92. The summed E-state index contributed by atoms with van der Waals surface area (Å²) < 4.78 is 14.4. The Kier molecular flexibility index (Phi) is 6.56. The van der Waals surface area contributed by atoms with Gasteiger partial charge in [0.15, 0.2) is 0 Å². The van der Waals surface area contributed by atoms with E-state index in [9.17, 15) is 10.1 Å². The number of hydrogen-bond acceptors (Lipinski definition) is 7. The lowest BCUT2D eigenvalue weighted by atomic mass is 10.0. The molecule has 10 nitrogen and oxygen atoms in total. The molecule has 1 amide bonds. The number of aromatic nitrogens is 4. The van der Waals surface area contributed by atoms with Crippen molar-refractivity contribution in [2.75, 3.05) is 27.2 Å². The summed E-state index contributed by atoms with van der Waals surface area (Å²) in [5.41, 5.74) is 4.23. The van der Waals surface area contributed by atoms with E-state index in [4.69, 9.17) is 9.47 Å². The summed E-state index contributed by atoms with van der Waals surface area (Å²) in [6.45, 7) is 2.80. The van der Waals surface area contributed by atoms with Crippen LogP contribution in [0.5, 0.6) is 11.5 Å². The van der Waals surface area contributed by atoms with Crippen LogP contribution in [0, 0.1) is 11.3 Å². The molecular formula is C26H27N7O3. The number of carbonyl (C=O) groups excluding carboxylic acids is 1. The van der Waals surface area contributed by atoms with Crippen molar-refractivity contribution >= 4 is 11.6 Å². The molecule has 0 saturated carbocycles. The predicted octanol–water partition coefficient (Wildman–Crippen LogP) is 3.63. The lowest BCUT2D eigenvalue weighted by Crippen LogP contribution is -2.34. The zero-order chi connectivity index (χ0) is 25.1. The van der Waals surface area contributed by atoms with E-state index in [1.165, 1.54) is 12.6 Å². The molecule has 0 radical (unpaired) electrons. The van der Waals surface area contributed by atoms with Crippen molar-refractivity contribution in [3.05, 3.63) is 66.2 Å². The van der Waals surface area contributed by atoms with E-state index in [-0.39, 0.29) is 0 Å². The van der Waals surface area contributed by atoms with Crippen molar-refractivity contribution < 1.29 is 14.3 Å². The highest BCUT2D eigenvalue weighted by atomic mass is 16.5. The molecule has 0 aliphatic carbocycles. The number of nitriles is 1. The van der Waals surface area contributed by atoms with Gasteiger partial charge in [0, 0.05) is 50.2 Å². The second-order valence-corrected chi connectivity index (χ2v) is 8.76. The van der Waals surface area contributed by atoms with Gasteiger partial charge in [0.05, 0.1) is 25.5 Å². The number of benzene rings is 1. The van der Waals surface area contributed by atoms with E-state index >= 15 is 0 Å². The Labute approximate surface area is 208 Å². The van der Waals surface area contributed by atoms with E-state index in [1.807, 2.05) is 42.7 Å². The lowest BCUT2D eigenvalue weighted by molar-refractivity contribution is 0.173. The van der Waals surface area contributed by atoms with Crippen molar-refractivity contribution in [2.45, 2.75) is 25.4 Å². The molecule has 1 aliphatic heterocycles. The number of likely N-dealkylation sites (tertiary alicyclic amines) is 1. The molecule has 1 N–H and O–H groups in total. The molecule has 0 spiro atoms. The van der Waals surface area contributed by atoms with E-state index < -0.39 is 6.09 Å². The first-order chi connectivity index (χ1) is 17.6. The van der Waals surface area contributed by atoms with E-state index in [1.54, 1.807) is 17.8 Å². The van der Waals surface area contributed by atoms with Gasteiger partial charge < -0.3 is 14.8 Å². The fourth-order valence-electron chi connectivity index (χ4n) is 4.59. The fourth-order valence-corrected chi connectivity index (χ4v) is 4.59. The highest BCUT2D eigenvalue weighted by Gasteiger charge is 2.22. The van der Waals surface area contributed by atoms with Crippen molar-refractivity contribution in [3.8, 4) is 28.7 Å². The second kappa shape index (κ2) is 10.1. The normalized spacial score (nSPS) is 14.5. The molecule has 0 atom stereocenters. The molecule has 10 heteroatoms. The molecular weight excluding hydrogens is 458 g/mol. The Hall–Kier alpha value is -4.36. The summed E-state index contributed by atoms with van der Waals surface area (Å²) in [6, 6.07) is 12.0. The molecule has 1 aliphatic rings. The molecule has 3 aromatic heterocycles. The van der Waals surface area contributed by atoms with Crippen LogP contribution in [-0.2, 0) is 6.54 Å². The van der Waals surface area contributed by atoms with Crippen molar-refractivity contribution in [1.82, 2.24) is 29.6 Å². The molecule has 1 fully saturated rings. The van der Waals surface area contributed by atoms with Crippen LogP contribution < -0.4 is 14.8 Å². The van der Waals surface area contributed by atoms with Gasteiger partial charge in [-0.2, -0.15) is 15.5 Å². The maximum Gasteiger partial charge on any atom is 0.412 e. The smallest absolute Gasteiger partial charge is 0.412 e. The van der Waals surface area contributed by atoms with Gasteiger partial charge >= 0.3 is 6.09 Å². The number of amides is 1. The van der Waals surface area contributed by atoms with Crippen LogP contribution in [0.2, 0.25) is 0 Å². The molecule has 1 aromatic carbocycles. The first kappa shape index (κ1) is 23.4. The summed E-state index contributed by atoms with van der Waals surface area (Å²) in [7, 11) is 3.13. The van der Waals surface area contributed by atoms with Gasteiger partial charge in [-0.05, 0) is 36.6 Å². The van der Waals surface area contributed by atoms with Crippen LogP contribution >= 0.6 is 0 Å². The van der Waals surface area contributed by atoms with E-state index in [0.717, 1.165) is 43.6 Å². The zero-order valence-electron chi connectivity index (χ0n) is 20.2. The average Bonchev–Trinajstić information content (AvgIpc) is 3.57. The minimum Gasteiger partial charge on any atom is -0.494 e. The standard InChI is InChI=1S/C26H27N7O3/c1-28-26(34)36-23-5-3-18(4-6-23)15-31-9-7-22(8-10-31)32-17-21(14-29-32)19-11-24(35-2)25-20(12-27)13-30-33(25)16-19/h3-6,11,13-14,16-17,22H,7-10,15H2,1-2H3,(H,28,34). The van der Waals surface area contributed by atoms with Crippen molar-refractivity contribution in [3.63, 3.8) is 0 Å². The second-order valence-electron chi connectivity index (χ2n) is 8.76. The van der Waals surface area contributed by atoms with Crippen LogP contribution in [0.3, 0.4) is 0 Å². The van der Waals surface area contributed by atoms with Crippen LogP contribution in [0.15, 0.2) is 55.1 Å². The maximum absolute atomic E-state index is 11.3. The molecule has 184 valence electrons. The Balaban J connectivity index is 1.22. The van der Waals surface area contributed by atoms with Gasteiger partial charge in [0.1, 0.15) is 28.6 Å². The largest absolute Gasteiger partial charge is 0.494 e. The van der Waals surface area contributed by atoms with Gasteiger partial charge in [0.25, 0.3) is 0 Å². The Morgan fingerprint density at radius 3 is 2.61 bits per heavy atom. The van der Waals surface area contributed by atoms with Crippen LogP contribution in [0.1, 0.15) is 30.0 Å². The van der Waals surface area contributed by atoms with Gasteiger partial charge in [-0.25, -0.2) is 9.31 Å². The SMILES string of the molecule is CNC(=O)Oc1ccc(CN2CCC(n3cc(-c4cc(OC)c5c(C#N)cnn5c4)cn3)CC2)cc1. The first-order valence-corrected chi connectivity index (χ1v) is 11.8. The fraction of sp³-hybridized carbons (Fsp3) is 0.308. The number of fused-ring (bicyclic) bond motifs is 1. The minimum absolute atomic E-state index is 0.332. The number of hydrogen-bond donors (Lipinski definition) is 1. The number of ether oxygens (including phenoxy) is 2. The quantitative estimate of drug-likeness (QED) is 0.444. The highest BCUT2D eigenvalue weighted by Crippen LogP contribution is 2.31. The third-order valence-corrected chi connectivity index (χ3v) is 6.53. The van der Waals surface area contributed by atoms with Crippen molar-refractivity contribution in [2.24, 2.45) is 0 Å². The Morgan fingerprint density at radius 1 is 1.14 bits per heavy atom. The van der Waals surface area contributed by atoms with E-state index in [0.29, 0.717) is 28.6 Å². The highest BCUT2D eigenvalue weighted by molar-refractivity contribution is 5.75. The molecule has 36 heavy (non-hydrogen) atoms. The van der Waals surface area contributed by atoms with E-state index in [2.05, 4.69) is 37.4 Å². The minimum atomic E-state index is -0.471. The molecule has 1 saturated heterocycles. The number of methoxy groups -OCH3 is 1. The number of nitrogens with zero attached hydrogens (tertiary/aromatic N) is 6. The van der Waals surface area contributed by atoms with Crippen molar-refractivity contribution in [1.29, 1.82) is 5.26 Å². The Bertz CT molecular complexity index is 1410. The topological polar surface area (TPSA) is 110 Å². The van der Waals surface area contributed by atoms with Gasteiger partial charge in [-0.1, -0.05) is 12.1 Å². The Morgan fingerprint density at radius 2 is 1.92 bits per heavy atom. The third-order valence-electron chi connectivity index (χ3n) is 6.53. The number of pyridine rings is 1. The maximum atomic E-state index is 11.3. The monoisotopic (exact) mass is 485 g/mol. The third kappa shape index (κ3) is 4.74. The predicted molar refractivity (Wildman–Crippen MR) is 133 cm³/mol. The number of rotatable bonds is 6. The van der Waals surface area contributed by atoms with Crippen LogP contribution in [-0.4, -0.2) is 57.6 Å². The summed E-state index contributed by atoms with van der Waals surface area (Å²) in [5.74, 6) is 1.14. The lowest BCUT2D eigenvalue weighted by Gasteiger charge is -2.32. The van der Waals surface area contributed by atoms with Gasteiger partial charge in [-0.15, -0.1) is 0 Å². The van der Waals surface area contributed by atoms with Gasteiger partial charge in [0.2, 0.25) is 0 Å². The summed E-state index contributed by atoms with van der Waals surface area (Å²) in [4.78, 5) is 13.8. The van der Waals surface area contributed by atoms with Crippen LogP contribution in [0.4, 0.5) is 4.79 Å². The molecule has 0 unspecified atom stereocenters. The van der Waals surface area contributed by atoms with Crippen LogP contribution in [0.25, 0.3) is 16.6 Å². The molecule has 5 rings (SSSR count). The van der Waals surface area contributed by atoms with Gasteiger partial charge in [-0.3, -0.25) is 9.58 Å². The zero-order valence-corrected chi connectivity index (χ0v) is 20.2. The first-order valence-electron chi connectivity index (χ1n) is 11.8.